The summed E-state index contributed by atoms with van der Waals surface area (Å²) >= 11 is 0. The Morgan fingerprint density at radius 2 is 1.68 bits per heavy atom. The highest BCUT2D eigenvalue weighted by atomic mass is 16.1. The average molecular weight is 335 g/mol. The van der Waals surface area contributed by atoms with E-state index in [1.807, 2.05) is 48.5 Å². The number of carbonyl (C=O) groups excluding carboxylic acids is 1. The Morgan fingerprint density at radius 3 is 2.36 bits per heavy atom. The molecule has 0 spiro atoms. The van der Waals surface area contributed by atoms with Gasteiger partial charge in [0.1, 0.15) is 0 Å². The van der Waals surface area contributed by atoms with Crippen molar-refractivity contribution in [2.75, 3.05) is 38.5 Å². The van der Waals surface area contributed by atoms with Crippen LogP contribution in [-0.4, -0.2) is 48.9 Å². The molecule has 1 amide bonds. The van der Waals surface area contributed by atoms with Crippen LogP contribution in [0, 0.1) is 0 Å². The third-order valence-corrected chi connectivity index (χ3v) is 4.45. The summed E-state index contributed by atoms with van der Waals surface area (Å²) in [6.45, 7) is 5.44. The first-order chi connectivity index (χ1) is 12.2. The lowest BCUT2D eigenvalue weighted by Crippen LogP contribution is -2.43. The highest BCUT2D eigenvalue weighted by Crippen LogP contribution is 2.13. The summed E-state index contributed by atoms with van der Waals surface area (Å²) in [5, 5.41) is 2.90. The highest BCUT2D eigenvalue weighted by Gasteiger charge is 2.13. The van der Waals surface area contributed by atoms with E-state index in [1.165, 1.54) is 5.56 Å². The molecule has 2 aromatic rings. The minimum atomic E-state index is -0.115. The molecule has 25 heavy (non-hydrogen) atoms. The van der Waals surface area contributed by atoms with E-state index >= 15 is 0 Å². The van der Waals surface area contributed by atoms with Gasteiger partial charge in [0.05, 0.1) is 0 Å². The second kappa shape index (κ2) is 8.60. The molecule has 0 radical (unpaired) electrons. The summed E-state index contributed by atoms with van der Waals surface area (Å²) in [4.78, 5) is 16.8. The lowest BCUT2D eigenvalue weighted by molar-refractivity contribution is -0.111. The summed E-state index contributed by atoms with van der Waals surface area (Å²) in [6.07, 6.45) is 3.38. The SMILES string of the molecule is CN1CCN(Cc2ccc(NC(=O)/C=C/c3ccccc3)cc2)CC1. The first kappa shape index (κ1) is 17.4. The molecule has 1 saturated heterocycles. The Bertz CT molecular complexity index is 702. The highest BCUT2D eigenvalue weighted by molar-refractivity contribution is 6.01. The van der Waals surface area contributed by atoms with E-state index < -0.39 is 0 Å². The van der Waals surface area contributed by atoms with E-state index in [1.54, 1.807) is 6.08 Å². The van der Waals surface area contributed by atoms with Crippen LogP contribution >= 0.6 is 0 Å². The van der Waals surface area contributed by atoms with Crippen molar-refractivity contribution in [2.24, 2.45) is 0 Å². The third kappa shape index (κ3) is 5.55. The number of hydrogen-bond donors (Lipinski definition) is 1. The number of rotatable bonds is 5. The molecular weight excluding hydrogens is 310 g/mol. The molecule has 0 saturated carbocycles. The molecule has 3 rings (SSSR count). The Labute approximate surface area is 149 Å². The molecule has 1 fully saturated rings. The number of carbonyl (C=O) groups is 1. The molecule has 2 aromatic carbocycles. The number of nitrogens with zero attached hydrogens (tertiary/aromatic N) is 2. The lowest BCUT2D eigenvalue weighted by Gasteiger charge is -2.32. The predicted octanol–water partition coefficient (Wildman–Crippen LogP) is 3.09. The maximum absolute atomic E-state index is 12.0. The number of benzene rings is 2. The summed E-state index contributed by atoms with van der Waals surface area (Å²) in [6, 6.07) is 17.9. The molecule has 4 heteroatoms. The molecule has 0 aliphatic carbocycles. The van der Waals surface area contributed by atoms with Crippen LogP contribution in [0.5, 0.6) is 0 Å². The van der Waals surface area contributed by atoms with Gasteiger partial charge in [-0.1, -0.05) is 42.5 Å². The third-order valence-electron chi connectivity index (χ3n) is 4.45. The zero-order valence-electron chi connectivity index (χ0n) is 14.7. The molecule has 130 valence electrons. The van der Waals surface area contributed by atoms with Crippen LogP contribution in [-0.2, 0) is 11.3 Å². The number of likely N-dealkylation sites (N-methyl/N-ethyl adjacent to an activating group) is 1. The summed E-state index contributed by atoms with van der Waals surface area (Å²) in [5.41, 5.74) is 3.12. The van der Waals surface area contributed by atoms with E-state index in [9.17, 15) is 4.79 Å². The second-order valence-corrected chi connectivity index (χ2v) is 6.51. The first-order valence-corrected chi connectivity index (χ1v) is 8.73. The van der Waals surface area contributed by atoms with Crippen LogP contribution < -0.4 is 5.32 Å². The van der Waals surface area contributed by atoms with Crippen molar-refractivity contribution < 1.29 is 4.79 Å². The van der Waals surface area contributed by atoms with Crippen molar-refractivity contribution in [3.63, 3.8) is 0 Å². The average Bonchev–Trinajstić information content (AvgIpc) is 2.64. The first-order valence-electron chi connectivity index (χ1n) is 8.73. The van der Waals surface area contributed by atoms with Gasteiger partial charge < -0.3 is 10.2 Å². The molecule has 1 N–H and O–H groups in total. The number of nitrogens with one attached hydrogen (secondary N) is 1. The van der Waals surface area contributed by atoms with Gasteiger partial charge in [-0.2, -0.15) is 0 Å². The Morgan fingerprint density at radius 1 is 1.00 bits per heavy atom. The Kier molecular flexibility index (Phi) is 5.99. The van der Waals surface area contributed by atoms with E-state index in [2.05, 4.69) is 34.3 Å². The fourth-order valence-corrected chi connectivity index (χ4v) is 2.88. The number of amides is 1. The summed E-state index contributed by atoms with van der Waals surface area (Å²) in [7, 11) is 2.17. The molecule has 0 atom stereocenters. The normalized spacial score (nSPS) is 16.2. The van der Waals surface area contributed by atoms with Gasteiger partial charge >= 0.3 is 0 Å². The predicted molar refractivity (Wildman–Crippen MR) is 103 cm³/mol. The van der Waals surface area contributed by atoms with E-state index in [0.29, 0.717) is 0 Å². The van der Waals surface area contributed by atoms with Gasteiger partial charge in [-0.3, -0.25) is 9.69 Å². The van der Waals surface area contributed by atoms with Crippen LogP contribution in [0.2, 0.25) is 0 Å². The van der Waals surface area contributed by atoms with Crippen molar-refractivity contribution in [1.29, 1.82) is 0 Å². The minimum absolute atomic E-state index is 0.115. The fourth-order valence-electron chi connectivity index (χ4n) is 2.88. The Hall–Kier alpha value is -2.43. The molecule has 0 bridgehead atoms. The molecule has 1 aliphatic heterocycles. The molecule has 0 aromatic heterocycles. The zero-order chi connectivity index (χ0) is 17.5. The topological polar surface area (TPSA) is 35.6 Å². The van der Waals surface area contributed by atoms with Crippen LogP contribution in [0.15, 0.2) is 60.7 Å². The fraction of sp³-hybridized carbons (Fsp3) is 0.286. The van der Waals surface area contributed by atoms with E-state index in [4.69, 9.17) is 0 Å². The standard InChI is InChI=1S/C21H25N3O/c1-23-13-15-24(16-14-23)17-19-7-10-20(11-8-19)22-21(25)12-9-18-5-3-2-4-6-18/h2-12H,13-17H2,1H3,(H,22,25)/b12-9+. The van der Waals surface area contributed by atoms with Crippen LogP contribution in [0.4, 0.5) is 5.69 Å². The van der Waals surface area contributed by atoms with Crippen LogP contribution in [0.3, 0.4) is 0 Å². The molecule has 1 heterocycles. The van der Waals surface area contributed by atoms with E-state index in [0.717, 1.165) is 44.0 Å². The molecule has 4 nitrogen and oxygen atoms in total. The van der Waals surface area contributed by atoms with Gasteiger partial charge in [0, 0.05) is 44.5 Å². The molecular formula is C21H25N3O. The number of hydrogen-bond acceptors (Lipinski definition) is 3. The Balaban J connectivity index is 1.50. The monoisotopic (exact) mass is 335 g/mol. The number of piperazine rings is 1. The van der Waals surface area contributed by atoms with Gasteiger partial charge in [0.25, 0.3) is 0 Å². The van der Waals surface area contributed by atoms with Crippen molar-refractivity contribution >= 4 is 17.7 Å². The second-order valence-electron chi connectivity index (χ2n) is 6.51. The molecule has 1 aliphatic rings. The van der Waals surface area contributed by atoms with Gasteiger partial charge in [-0.25, -0.2) is 0 Å². The van der Waals surface area contributed by atoms with Gasteiger partial charge in [-0.15, -0.1) is 0 Å². The molecule has 0 unspecified atom stereocenters. The maximum atomic E-state index is 12.0. The maximum Gasteiger partial charge on any atom is 0.248 e. The smallest absolute Gasteiger partial charge is 0.248 e. The van der Waals surface area contributed by atoms with Gasteiger partial charge in [0.2, 0.25) is 5.91 Å². The van der Waals surface area contributed by atoms with Crippen molar-refractivity contribution in [3.8, 4) is 0 Å². The van der Waals surface area contributed by atoms with Gasteiger partial charge in [-0.05, 0) is 36.4 Å². The largest absolute Gasteiger partial charge is 0.323 e. The lowest BCUT2D eigenvalue weighted by atomic mass is 10.1. The minimum Gasteiger partial charge on any atom is -0.323 e. The van der Waals surface area contributed by atoms with Crippen LogP contribution in [0.25, 0.3) is 6.08 Å². The van der Waals surface area contributed by atoms with Crippen molar-refractivity contribution in [2.45, 2.75) is 6.54 Å². The summed E-state index contributed by atoms with van der Waals surface area (Å²) < 4.78 is 0. The van der Waals surface area contributed by atoms with E-state index in [-0.39, 0.29) is 5.91 Å². The number of anilines is 1. The van der Waals surface area contributed by atoms with Crippen molar-refractivity contribution in [1.82, 2.24) is 9.80 Å². The quantitative estimate of drug-likeness (QED) is 0.853. The van der Waals surface area contributed by atoms with Crippen molar-refractivity contribution in [3.05, 3.63) is 71.8 Å². The van der Waals surface area contributed by atoms with Crippen LogP contribution in [0.1, 0.15) is 11.1 Å². The zero-order valence-corrected chi connectivity index (χ0v) is 14.7. The summed E-state index contributed by atoms with van der Waals surface area (Å²) in [5.74, 6) is -0.115. The van der Waals surface area contributed by atoms with Gasteiger partial charge in [0.15, 0.2) is 0 Å².